The van der Waals surface area contributed by atoms with Gasteiger partial charge in [0.1, 0.15) is 0 Å². The molecule has 0 aliphatic carbocycles. The number of likely N-dealkylation sites (tertiary alicyclic amines) is 1. The zero-order chi connectivity index (χ0) is 22.4. The van der Waals surface area contributed by atoms with Crippen LogP contribution in [-0.4, -0.2) is 34.1 Å². The van der Waals surface area contributed by atoms with Crippen molar-refractivity contribution < 1.29 is 0 Å². The Labute approximate surface area is 190 Å². The fourth-order valence-electron chi connectivity index (χ4n) is 4.55. The summed E-state index contributed by atoms with van der Waals surface area (Å²) in [6.45, 7) is 12.9. The summed E-state index contributed by atoms with van der Waals surface area (Å²) >= 11 is 0. The number of aromatic nitrogens is 2. The van der Waals surface area contributed by atoms with Gasteiger partial charge in [-0.15, -0.1) is 0 Å². The smallest absolute Gasteiger partial charge is 0.187 e. The number of nitriles is 1. The fourth-order valence-corrected chi connectivity index (χ4v) is 4.55. The van der Waals surface area contributed by atoms with Gasteiger partial charge >= 0.3 is 0 Å². The van der Waals surface area contributed by atoms with E-state index < -0.39 is 0 Å². The van der Waals surface area contributed by atoms with Crippen molar-refractivity contribution >= 4 is 5.69 Å². The van der Waals surface area contributed by atoms with Gasteiger partial charge in [0.2, 0.25) is 0 Å². The van der Waals surface area contributed by atoms with Crippen molar-refractivity contribution in [2.75, 3.05) is 19.6 Å². The minimum atomic E-state index is -0.248. The Morgan fingerprint density at radius 1 is 1.12 bits per heavy atom. The van der Waals surface area contributed by atoms with Gasteiger partial charge in [0.05, 0.1) is 24.4 Å². The van der Waals surface area contributed by atoms with Crippen LogP contribution in [0.2, 0.25) is 0 Å². The molecule has 5 heteroatoms. The molecular formula is C27H29N5. The normalized spacial score (nSPS) is 15.7. The third-order valence-corrected chi connectivity index (χ3v) is 6.74. The number of aryl methyl sites for hydroxylation is 1. The predicted molar refractivity (Wildman–Crippen MR) is 126 cm³/mol. The van der Waals surface area contributed by atoms with Crippen molar-refractivity contribution in [3.8, 4) is 6.07 Å². The molecule has 0 amide bonds. The van der Waals surface area contributed by atoms with Crippen LogP contribution in [0.15, 0.2) is 61.1 Å². The molecule has 5 nitrogen and oxygen atoms in total. The first-order chi connectivity index (χ1) is 15.6. The molecule has 162 valence electrons. The second-order valence-electron chi connectivity index (χ2n) is 8.88. The largest absolute Gasteiger partial charge is 0.330 e. The van der Waals surface area contributed by atoms with Gasteiger partial charge in [-0.05, 0) is 56.0 Å². The molecule has 0 spiro atoms. The van der Waals surface area contributed by atoms with E-state index in [4.69, 9.17) is 6.57 Å². The molecule has 2 aromatic carbocycles. The van der Waals surface area contributed by atoms with Crippen LogP contribution in [0.4, 0.5) is 5.69 Å². The van der Waals surface area contributed by atoms with Gasteiger partial charge < -0.3 is 9.47 Å². The molecule has 1 fully saturated rings. The zero-order valence-electron chi connectivity index (χ0n) is 18.7. The summed E-state index contributed by atoms with van der Waals surface area (Å²) in [5.41, 5.74) is 5.39. The van der Waals surface area contributed by atoms with Crippen LogP contribution < -0.4 is 0 Å². The maximum absolute atomic E-state index is 9.97. The second kappa shape index (κ2) is 9.81. The Balaban J connectivity index is 1.32. The van der Waals surface area contributed by atoms with E-state index in [0.29, 0.717) is 5.69 Å². The van der Waals surface area contributed by atoms with Crippen LogP contribution in [0.5, 0.6) is 0 Å². The monoisotopic (exact) mass is 423 g/mol. The number of imidazole rings is 1. The molecule has 0 atom stereocenters. The van der Waals surface area contributed by atoms with Gasteiger partial charge in [-0.3, -0.25) is 0 Å². The maximum atomic E-state index is 9.97. The second-order valence-corrected chi connectivity index (χ2v) is 8.88. The number of rotatable bonds is 7. The highest BCUT2D eigenvalue weighted by molar-refractivity contribution is 5.45. The Morgan fingerprint density at radius 2 is 1.88 bits per heavy atom. The highest BCUT2D eigenvalue weighted by Gasteiger charge is 2.35. The molecular weight excluding hydrogens is 394 g/mol. The number of nitrogens with zero attached hydrogens (tertiary/aromatic N) is 5. The van der Waals surface area contributed by atoms with E-state index in [1.165, 1.54) is 22.4 Å². The minimum Gasteiger partial charge on any atom is -0.330 e. The molecule has 2 heterocycles. The van der Waals surface area contributed by atoms with Crippen LogP contribution in [0, 0.1) is 30.2 Å². The van der Waals surface area contributed by atoms with Gasteiger partial charge in [0.15, 0.2) is 5.69 Å². The van der Waals surface area contributed by atoms with Crippen LogP contribution in [0.1, 0.15) is 35.2 Å². The summed E-state index contributed by atoms with van der Waals surface area (Å²) in [4.78, 5) is 10.3. The summed E-state index contributed by atoms with van der Waals surface area (Å²) in [6, 6.07) is 18.9. The standard InChI is InChI=1S/C27H29N5/c1-22-5-3-4-6-24(22)17-27(20-28)12-15-31(16-13-27)14-11-26-18-30-21-32(26)19-23-7-9-25(29-2)10-8-23/h3-10,18,21H,11-17,19H2,1H3. The van der Waals surface area contributed by atoms with Gasteiger partial charge in [-0.2, -0.15) is 5.26 Å². The Kier molecular flexibility index (Phi) is 6.69. The highest BCUT2D eigenvalue weighted by atomic mass is 15.1. The van der Waals surface area contributed by atoms with Crippen molar-refractivity contribution in [1.29, 1.82) is 5.26 Å². The minimum absolute atomic E-state index is 0.248. The highest BCUT2D eigenvalue weighted by Crippen LogP contribution is 2.35. The van der Waals surface area contributed by atoms with Gasteiger partial charge in [0, 0.05) is 31.4 Å². The lowest BCUT2D eigenvalue weighted by Crippen LogP contribution is -2.41. The molecule has 0 saturated carbocycles. The number of hydrogen-bond acceptors (Lipinski definition) is 3. The molecule has 1 aliphatic heterocycles. The average molecular weight is 424 g/mol. The maximum Gasteiger partial charge on any atom is 0.187 e. The van der Waals surface area contributed by atoms with E-state index in [-0.39, 0.29) is 5.41 Å². The summed E-state index contributed by atoms with van der Waals surface area (Å²) in [5, 5.41) is 9.97. The summed E-state index contributed by atoms with van der Waals surface area (Å²) in [5.74, 6) is 0. The molecule has 32 heavy (non-hydrogen) atoms. The van der Waals surface area contributed by atoms with Crippen molar-refractivity contribution in [2.24, 2.45) is 5.41 Å². The van der Waals surface area contributed by atoms with E-state index in [1.807, 2.05) is 36.8 Å². The number of benzene rings is 2. The van der Waals surface area contributed by atoms with Crippen molar-refractivity contribution in [3.05, 3.63) is 94.9 Å². The first-order valence-electron chi connectivity index (χ1n) is 11.2. The SMILES string of the molecule is [C-]#[N+]c1ccc(Cn2cncc2CCN2CCC(C#N)(Cc3ccccc3C)CC2)cc1. The van der Waals surface area contributed by atoms with E-state index in [1.54, 1.807) is 0 Å². The summed E-state index contributed by atoms with van der Waals surface area (Å²) in [6.07, 6.45) is 7.47. The predicted octanol–water partition coefficient (Wildman–Crippen LogP) is 5.18. The van der Waals surface area contributed by atoms with E-state index >= 15 is 0 Å². The summed E-state index contributed by atoms with van der Waals surface area (Å²) < 4.78 is 2.19. The zero-order valence-corrected chi connectivity index (χ0v) is 18.7. The summed E-state index contributed by atoms with van der Waals surface area (Å²) in [7, 11) is 0. The molecule has 0 unspecified atom stereocenters. The Hall–Kier alpha value is -3.41. The molecule has 1 saturated heterocycles. The van der Waals surface area contributed by atoms with Crippen molar-refractivity contribution in [1.82, 2.24) is 14.5 Å². The number of hydrogen-bond donors (Lipinski definition) is 0. The van der Waals surface area contributed by atoms with Crippen molar-refractivity contribution in [3.63, 3.8) is 0 Å². The molecule has 0 bridgehead atoms. The average Bonchev–Trinajstić information content (AvgIpc) is 3.27. The molecule has 0 N–H and O–H groups in total. The first kappa shape index (κ1) is 21.8. The molecule has 0 radical (unpaired) electrons. The van der Waals surface area contributed by atoms with Crippen LogP contribution in [-0.2, 0) is 19.4 Å². The molecule has 3 aromatic rings. The molecule has 1 aromatic heterocycles. The molecule has 4 rings (SSSR count). The van der Waals surface area contributed by atoms with Crippen LogP contribution in [0.25, 0.3) is 4.85 Å². The quantitative estimate of drug-likeness (QED) is 0.492. The van der Waals surface area contributed by atoms with Gasteiger partial charge in [-0.25, -0.2) is 9.83 Å². The lowest BCUT2D eigenvalue weighted by atomic mass is 9.74. The van der Waals surface area contributed by atoms with Crippen LogP contribution >= 0.6 is 0 Å². The fraction of sp³-hybridized carbons (Fsp3) is 0.370. The van der Waals surface area contributed by atoms with E-state index in [0.717, 1.165) is 51.9 Å². The topological polar surface area (TPSA) is 49.2 Å². The third-order valence-electron chi connectivity index (χ3n) is 6.74. The van der Waals surface area contributed by atoms with E-state index in [9.17, 15) is 5.26 Å². The Morgan fingerprint density at radius 3 is 2.56 bits per heavy atom. The third kappa shape index (κ3) is 5.07. The molecule has 1 aliphatic rings. The first-order valence-corrected chi connectivity index (χ1v) is 11.2. The lowest BCUT2D eigenvalue weighted by molar-refractivity contribution is 0.145. The lowest BCUT2D eigenvalue weighted by Gasteiger charge is -2.37. The van der Waals surface area contributed by atoms with Gasteiger partial charge in [0.25, 0.3) is 0 Å². The van der Waals surface area contributed by atoms with Crippen LogP contribution in [0.3, 0.4) is 0 Å². The number of piperidine rings is 1. The Bertz CT molecular complexity index is 1120. The van der Waals surface area contributed by atoms with Crippen molar-refractivity contribution in [2.45, 2.75) is 39.2 Å². The van der Waals surface area contributed by atoms with E-state index in [2.05, 4.69) is 56.6 Å². The van der Waals surface area contributed by atoms with Gasteiger partial charge in [-0.1, -0.05) is 48.5 Å².